The van der Waals surface area contributed by atoms with Crippen LogP contribution in [0.1, 0.15) is 25.0 Å². The second-order valence-electron chi connectivity index (χ2n) is 6.43. The number of carbonyl (C=O) groups excluding carboxylic acids is 1. The fourth-order valence-corrected chi connectivity index (χ4v) is 3.10. The highest BCUT2D eigenvalue weighted by molar-refractivity contribution is 6.30. The average molecular weight is 398 g/mol. The Morgan fingerprint density at radius 3 is 2.81 bits per heavy atom. The lowest BCUT2D eigenvalue weighted by Crippen LogP contribution is -2.52. The molecule has 0 bridgehead atoms. The summed E-state index contributed by atoms with van der Waals surface area (Å²) in [6.07, 6.45) is 0.996. The Morgan fingerprint density at radius 2 is 2.19 bits per heavy atom. The van der Waals surface area contributed by atoms with Gasteiger partial charge >= 0.3 is 0 Å². The van der Waals surface area contributed by atoms with Crippen LogP contribution in [0.3, 0.4) is 0 Å². The maximum absolute atomic E-state index is 14.4. The molecule has 2 aromatic rings. The third-order valence-corrected chi connectivity index (χ3v) is 4.85. The summed E-state index contributed by atoms with van der Waals surface area (Å²) >= 11 is 5.76. The number of aromatic nitrogens is 3. The molecular weight excluding hydrogens is 380 g/mol. The molecule has 0 aromatic carbocycles. The van der Waals surface area contributed by atoms with E-state index in [2.05, 4.69) is 20.5 Å². The van der Waals surface area contributed by atoms with Crippen molar-refractivity contribution in [3.8, 4) is 0 Å². The summed E-state index contributed by atoms with van der Waals surface area (Å²) in [5.41, 5.74) is -0.366. The minimum absolute atomic E-state index is 0.0608. The van der Waals surface area contributed by atoms with Crippen LogP contribution in [-0.4, -0.2) is 51.0 Å². The lowest BCUT2D eigenvalue weighted by atomic mass is 9.89. The Balaban J connectivity index is 1.72. The van der Waals surface area contributed by atoms with Crippen molar-refractivity contribution in [1.29, 1.82) is 0 Å². The van der Waals surface area contributed by atoms with Crippen LogP contribution in [0.4, 0.5) is 14.6 Å². The molecule has 0 unspecified atom stereocenters. The Bertz CT molecular complexity index is 854. The van der Waals surface area contributed by atoms with Gasteiger partial charge in [0.1, 0.15) is 5.82 Å². The molecule has 1 fully saturated rings. The number of pyridine rings is 1. The maximum atomic E-state index is 14.4. The van der Waals surface area contributed by atoms with E-state index in [0.29, 0.717) is 10.8 Å². The van der Waals surface area contributed by atoms with Crippen LogP contribution in [0.5, 0.6) is 0 Å². The molecule has 2 N–H and O–H groups in total. The molecule has 3 rings (SSSR count). The van der Waals surface area contributed by atoms with Crippen LogP contribution in [0.25, 0.3) is 0 Å². The lowest BCUT2D eigenvalue weighted by molar-refractivity contribution is -0.125. The number of hydrogen-bond acceptors (Lipinski definition) is 5. The Morgan fingerprint density at radius 1 is 1.41 bits per heavy atom. The summed E-state index contributed by atoms with van der Waals surface area (Å²) in [7, 11) is 0. The highest BCUT2D eigenvalue weighted by Crippen LogP contribution is 2.39. The first-order chi connectivity index (χ1) is 12.8. The molecule has 27 heavy (non-hydrogen) atoms. The summed E-state index contributed by atoms with van der Waals surface area (Å²) < 4.78 is 28.8. The number of alkyl halides is 2. The first-order valence-electron chi connectivity index (χ1n) is 8.36. The maximum Gasteiger partial charge on any atom is 0.264 e. The van der Waals surface area contributed by atoms with Crippen molar-refractivity contribution in [1.82, 2.24) is 20.1 Å². The van der Waals surface area contributed by atoms with Gasteiger partial charge in [-0.15, -0.1) is 0 Å². The fourth-order valence-electron chi connectivity index (χ4n) is 2.98. The summed E-state index contributed by atoms with van der Waals surface area (Å²) in [5, 5.41) is 9.02. The molecular formula is C17H18ClF2N5O2. The van der Waals surface area contributed by atoms with E-state index in [1.54, 1.807) is 24.0 Å². The zero-order valence-corrected chi connectivity index (χ0v) is 15.2. The lowest BCUT2D eigenvalue weighted by Gasteiger charge is -2.40. The Labute approximate surface area is 158 Å². The van der Waals surface area contributed by atoms with Crippen LogP contribution in [0.2, 0.25) is 5.02 Å². The molecule has 1 saturated heterocycles. The van der Waals surface area contributed by atoms with Crippen molar-refractivity contribution in [3.05, 3.63) is 51.5 Å². The van der Waals surface area contributed by atoms with Gasteiger partial charge in [0.15, 0.2) is 0 Å². The molecule has 0 aliphatic carbocycles. The smallest absolute Gasteiger partial charge is 0.264 e. The molecule has 7 nitrogen and oxygen atoms in total. The Kier molecular flexibility index (Phi) is 5.52. The first-order valence-corrected chi connectivity index (χ1v) is 8.74. The normalized spacial score (nSPS) is 20.8. The van der Waals surface area contributed by atoms with E-state index >= 15 is 0 Å². The standard InChI is InChI=1S/C17H18ClF2N5O2/c1-10(16(27)22-14-4-2-11(18)8-21-14)25-7-6-17(19,20)12(9-25)13-3-5-15(26)24-23-13/h2-5,8,10,12H,6-7,9H2,1H3,(H,24,26)(H,21,22,27)/t10-,12+/m0/s1. The van der Waals surface area contributed by atoms with Crippen LogP contribution < -0.4 is 10.9 Å². The predicted octanol–water partition coefficient (Wildman–Crippen LogP) is 2.27. The number of carbonyl (C=O) groups is 1. The van der Waals surface area contributed by atoms with Crippen LogP contribution in [0.15, 0.2) is 35.3 Å². The number of piperidine rings is 1. The number of likely N-dealkylation sites (tertiary alicyclic amines) is 1. The summed E-state index contributed by atoms with van der Waals surface area (Å²) in [4.78, 5) is 29.3. The van der Waals surface area contributed by atoms with Gasteiger partial charge in [0.05, 0.1) is 22.7 Å². The highest BCUT2D eigenvalue weighted by Gasteiger charge is 2.47. The average Bonchev–Trinajstić information content (AvgIpc) is 2.64. The molecule has 1 aliphatic heterocycles. The largest absolute Gasteiger partial charge is 0.309 e. The SMILES string of the molecule is C[C@@H](C(=O)Nc1ccc(Cl)cn1)N1CCC(F)(F)[C@@H](c2ccc(=O)[nH]n2)C1. The Hall–Kier alpha value is -2.39. The third kappa shape index (κ3) is 4.48. The minimum Gasteiger partial charge on any atom is -0.309 e. The molecule has 0 radical (unpaired) electrons. The van der Waals surface area contributed by atoms with Crippen LogP contribution >= 0.6 is 11.6 Å². The number of aromatic amines is 1. The third-order valence-electron chi connectivity index (χ3n) is 4.62. The molecule has 2 atom stereocenters. The van der Waals surface area contributed by atoms with Gasteiger partial charge < -0.3 is 5.32 Å². The van der Waals surface area contributed by atoms with Gasteiger partial charge in [-0.3, -0.25) is 14.5 Å². The quantitative estimate of drug-likeness (QED) is 0.825. The zero-order valence-electron chi connectivity index (χ0n) is 14.5. The first kappa shape index (κ1) is 19.4. The predicted molar refractivity (Wildman–Crippen MR) is 96.1 cm³/mol. The number of H-pyrrole nitrogens is 1. The molecule has 144 valence electrons. The minimum atomic E-state index is -2.98. The van der Waals surface area contributed by atoms with Gasteiger partial charge in [0, 0.05) is 31.8 Å². The van der Waals surface area contributed by atoms with E-state index in [-0.39, 0.29) is 24.7 Å². The monoisotopic (exact) mass is 397 g/mol. The molecule has 2 aromatic heterocycles. The van der Waals surface area contributed by atoms with Gasteiger partial charge in [0.2, 0.25) is 5.91 Å². The van der Waals surface area contributed by atoms with Crippen molar-refractivity contribution in [3.63, 3.8) is 0 Å². The van der Waals surface area contributed by atoms with Crippen molar-refractivity contribution in [2.75, 3.05) is 18.4 Å². The van der Waals surface area contributed by atoms with Crippen LogP contribution in [-0.2, 0) is 4.79 Å². The van der Waals surface area contributed by atoms with E-state index in [1.165, 1.54) is 18.3 Å². The van der Waals surface area contributed by atoms with E-state index in [9.17, 15) is 18.4 Å². The van der Waals surface area contributed by atoms with Crippen molar-refractivity contribution in [2.24, 2.45) is 0 Å². The van der Waals surface area contributed by atoms with E-state index < -0.39 is 29.9 Å². The van der Waals surface area contributed by atoms with E-state index in [1.807, 2.05) is 0 Å². The fraction of sp³-hybridized carbons (Fsp3) is 0.412. The van der Waals surface area contributed by atoms with Gasteiger partial charge in [0.25, 0.3) is 11.5 Å². The van der Waals surface area contributed by atoms with Crippen molar-refractivity contribution >= 4 is 23.3 Å². The van der Waals surface area contributed by atoms with Crippen LogP contribution in [0, 0.1) is 0 Å². The van der Waals surface area contributed by atoms with E-state index in [4.69, 9.17) is 11.6 Å². The molecule has 10 heteroatoms. The van der Waals surface area contributed by atoms with E-state index in [0.717, 1.165) is 0 Å². The van der Waals surface area contributed by atoms with Gasteiger partial charge in [-0.2, -0.15) is 5.10 Å². The summed E-state index contributed by atoms with van der Waals surface area (Å²) in [6.45, 7) is 1.65. The number of nitrogens with zero attached hydrogens (tertiary/aromatic N) is 3. The van der Waals surface area contributed by atoms with Gasteiger partial charge in [-0.1, -0.05) is 11.6 Å². The molecule has 0 spiro atoms. The van der Waals surface area contributed by atoms with Crippen molar-refractivity contribution < 1.29 is 13.6 Å². The number of nitrogens with one attached hydrogen (secondary N) is 2. The van der Waals surface area contributed by atoms with Gasteiger partial charge in [-0.25, -0.2) is 18.9 Å². The number of anilines is 1. The van der Waals surface area contributed by atoms with Gasteiger partial charge in [-0.05, 0) is 25.1 Å². The molecule has 3 heterocycles. The second kappa shape index (κ2) is 7.69. The summed E-state index contributed by atoms with van der Waals surface area (Å²) in [6, 6.07) is 4.96. The second-order valence-corrected chi connectivity index (χ2v) is 6.87. The molecule has 1 amide bonds. The molecule has 1 aliphatic rings. The number of amides is 1. The summed E-state index contributed by atoms with van der Waals surface area (Å²) in [5.74, 6) is -4.22. The highest BCUT2D eigenvalue weighted by atomic mass is 35.5. The van der Waals surface area contributed by atoms with Crippen molar-refractivity contribution in [2.45, 2.75) is 31.2 Å². The number of halogens is 3. The molecule has 0 saturated carbocycles. The topological polar surface area (TPSA) is 91.0 Å². The number of hydrogen-bond donors (Lipinski definition) is 2. The zero-order chi connectivity index (χ0) is 19.6. The number of rotatable bonds is 4.